The van der Waals surface area contributed by atoms with E-state index in [1.807, 2.05) is 0 Å². The highest BCUT2D eigenvalue weighted by Gasteiger charge is 2.26. The Bertz CT molecular complexity index is 538. The van der Waals surface area contributed by atoms with Gasteiger partial charge in [-0.1, -0.05) is 0 Å². The number of nitrogens with two attached hydrogens (primary N) is 1. The highest BCUT2D eigenvalue weighted by molar-refractivity contribution is 7.91. The number of carbonyl (C=O) groups is 1. The number of carbonyl (C=O) groups excluding carboxylic acids is 1. The predicted octanol–water partition coefficient (Wildman–Crippen LogP) is -0.0912. The molecular formula is C10H15N3O3S2. The molecule has 100 valence electrons. The molecule has 8 heteroatoms. The van der Waals surface area contributed by atoms with Gasteiger partial charge in [0.25, 0.3) is 5.91 Å². The van der Waals surface area contributed by atoms with Gasteiger partial charge >= 0.3 is 0 Å². The molecule has 1 atom stereocenters. The van der Waals surface area contributed by atoms with E-state index in [-0.39, 0.29) is 23.5 Å². The fourth-order valence-electron chi connectivity index (χ4n) is 1.90. The van der Waals surface area contributed by atoms with Crippen LogP contribution in [0.25, 0.3) is 0 Å². The van der Waals surface area contributed by atoms with Crippen LogP contribution in [0, 0.1) is 0 Å². The van der Waals surface area contributed by atoms with Gasteiger partial charge in [-0.2, -0.15) is 0 Å². The lowest BCUT2D eigenvalue weighted by atomic mass is 10.2. The zero-order valence-corrected chi connectivity index (χ0v) is 11.4. The maximum absolute atomic E-state index is 11.9. The molecule has 1 unspecified atom stereocenters. The van der Waals surface area contributed by atoms with E-state index < -0.39 is 9.84 Å². The van der Waals surface area contributed by atoms with Crippen LogP contribution in [0.15, 0.2) is 5.38 Å². The van der Waals surface area contributed by atoms with Crippen molar-refractivity contribution in [2.45, 2.75) is 25.4 Å². The lowest BCUT2D eigenvalue weighted by Gasteiger charge is -2.22. The van der Waals surface area contributed by atoms with Crippen molar-refractivity contribution in [2.24, 2.45) is 5.73 Å². The summed E-state index contributed by atoms with van der Waals surface area (Å²) in [6, 6.07) is -0.306. The van der Waals surface area contributed by atoms with Gasteiger partial charge in [-0.3, -0.25) is 4.79 Å². The van der Waals surface area contributed by atoms with Gasteiger partial charge in [0, 0.05) is 18.0 Å². The van der Waals surface area contributed by atoms with E-state index >= 15 is 0 Å². The Morgan fingerprint density at radius 1 is 1.61 bits per heavy atom. The number of nitrogens with one attached hydrogen (secondary N) is 1. The van der Waals surface area contributed by atoms with Crippen LogP contribution in [-0.4, -0.2) is 36.9 Å². The van der Waals surface area contributed by atoms with Gasteiger partial charge in [-0.05, 0) is 12.8 Å². The van der Waals surface area contributed by atoms with Crippen molar-refractivity contribution in [3.8, 4) is 0 Å². The summed E-state index contributed by atoms with van der Waals surface area (Å²) < 4.78 is 22.9. The van der Waals surface area contributed by atoms with Gasteiger partial charge < -0.3 is 11.1 Å². The molecular weight excluding hydrogens is 274 g/mol. The average molecular weight is 289 g/mol. The minimum absolute atomic E-state index is 0.0205. The first kappa shape index (κ1) is 13.4. The van der Waals surface area contributed by atoms with E-state index in [1.165, 1.54) is 11.3 Å². The normalized spacial score (nSPS) is 22.6. The molecule has 1 aliphatic heterocycles. The van der Waals surface area contributed by atoms with Crippen molar-refractivity contribution in [2.75, 3.05) is 11.5 Å². The number of hydrogen-bond donors (Lipinski definition) is 2. The average Bonchev–Trinajstić information content (AvgIpc) is 2.76. The largest absolute Gasteiger partial charge is 0.347 e. The fraction of sp³-hybridized carbons (Fsp3) is 0.600. The standard InChI is InChI=1S/C10H15N3O3S2/c11-4-9-13-8(5-17-9)10(14)12-7-2-1-3-18(15,16)6-7/h5,7H,1-4,6,11H2,(H,12,14). The number of nitrogens with zero attached hydrogens (tertiary/aromatic N) is 1. The summed E-state index contributed by atoms with van der Waals surface area (Å²) in [4.78, 5) is 15.9. The Morgan fingerprint density at radius 3 is 3.00 bits per heavy atom. The number of amides is 1. The summed E-state index contributed by atoms with van der Waals surface area (Å²) in [7, 11) is -3.01. The Kier molecular flexibility index (Phi) is 3.98. The molecule has 1 saturated heterocycles. The molecule has 0 spiro atoms. The van der Waals surface area contributed by atoms with Crippen LogP contribution in [-0.2, 0) is 16.4 Å². The second kappa shape index (κ2) is 5.33. The lowest BCUT2D eigenvalue weighted by Crippen LogP contribution is -2.43. The summed E-state index contributed by atoms with van der Waals surface area (Å²) >= 11 is 1.32. The van der Waals surface area contributed by atoms with Gasteiger partial charge in [0.15, 0.2) is 9.84 Å². The molecule has 1 amide bonds. The van der Waals surface area contributed by atoms with Gasteiger partial charge in [-0.25, -0.2) is 13.4 Å². The molecule has 3 N–H and O–H groups in total. The Labute approximate surface area is 110 Å². The number of hydrogen-bond acceptors (Lipinski definition) is 6. The quantitative estimate of drug-likeness (QED) is 0.809. The van der Waals surface area contributed by atoms with Crippen LogP contribution in [0.2, 0.25) is 0 Å². The second-order valence-corrected chi connectivity index (χ2v) is 7.43. The number of rotatable bonds is 3. The molecule has 0 saturated carbocycles. The van der Waals surface area contributed by atoms with Gasteiger partial charge in [0.1, 0.15) is 10.7 Å². The number of aromatic nitrogens is 1. The molecule has 6 nitrogen and oxygen atoms in total. The minimum atomic E-state index is -3.01. The van der Waals surface area contributed by atoms with E-state index in [9.17, 15) is 13.2 Å². The summed E-state index contributed by atoms with van der Waals surface area (Å²) in [5, 5.41) is 5.04. The molecule has 0 radical (unpaired) electrons. The van der Waals surface area contributed by atoms with Crippen molar-refractivity contribution in [1.29, 1.82) is 0 Å². The van der Waals surface area contributed by atoms with Crippen LogP contribution in [0.3, 0.4) is 0 Å². The molecule has 2 heterocycles. The molecule has 0 aromatic carbocycles. The number of sulfone groups is 1. The SMILES string of the molecule is NCc1nc(C(=O)NC2CCCS(=O)(=O)C2)cs1. The van der Waals surface area contributed by atoms with Gasteiger partial charge in [0.2, 0.25) is 0 Å². The third-order valence-electron chi connectivity index (χ3n) is 2.76. The third kappa shape index (κ3) is 3.27. The fourth-order valence-corrected chi connectivity index (χ4v) is 4.20. The molecule has 1 aliphatic rings. The molecule has 0 aliphatic carbocycles. The van der Waals surface area contributed by atoms with E-state index in [0.717, 1.165) is 0 Å². The Hall–Kier alpha value is -0.990. The van der Waals surface area contributed by atoms with Crippen LogP contribution in [0.5, 0.6) is 0 Å². The molecule has 0 bridgehead atoms. The smallest absolute Gasteiger partial charge is 0.271 e. The van der Waals surface area contributed by atoms with Crippen LogP contribution < -0.4 is 11.1 Å². The molecule has 1 aromatic rings. The predicted molar refractivity (Wildman–Crippen MR) is 69.1 cm³/mol. The highest BCUT2D eigenvalue weighted by atomic mass is 32.2. The zero-order chi connectivity index (χ0) is 13.2. The molecule has 1 fully saturated rings. The number of thiazole rings is 1. The van der Waals surface area contributed by atoms with Crippen LogP contribution in [0.1, 0.15) is 28.3 Å². The van der Waals surface area contributed by atoms with E-state index in [4.69, 9.17) is 5.73 Å². The van der Waals surface area contributed by atoms with Crippen LogP contribution in [0.4, 0.5) is 0 Å². The van der Waals surface area contributed by atoms with E-state index in [2.05, 4.69) is 10.3 Å². The Balaban J connectivity index is 1.99. The monoisotopic (exact) mass is 289 g/mol. The van der Waals surface area contributed by atoms with Gasteiger partial charge in [-0.15, -0.1) is 11.3 Å². The maximum Gasteiger partial charge on any atom is 0.271 e. The lowest BCUT2D eigenvalue weighted by molar-refractivity contribution is 0.0934. The van der Waals surface area contributed by atoms with Crippen LogP contribution >= 0.6 is 11.3 Å². The van der Waals surface area contributed by atoms with Crippen molar-refractivity contribution >= 4 is 27.1 Å². The summed E-state index contributed by atoms with van der Waals surface area (Å²) in [5.74, 6) is -0.0898. The highest BCUT2D eigenvalue weighted by Crippen LogP contribution is 2.14. The topological polar surface area (TPSA) is 102 Å². The zero-order valence-electron chi connectivity index (χ0n) is 9.76. The molecule has 18 heavy (non-hydrogen) atoms. The first-order valence-electron chi connectivity index (χ1n) is 5.66. The second-order valence-electron chi connectivity index (χ2n) is 4.26. The molecule has 2 rings (SSSR count). The first-order valence-corrected chi connectivity index (χ1v) is 8.36. The van der Waals surface area contributed by atoms with E-state index in [0.29, 0.717) is 30.1 Å². The Morgan fingerprint density at radius 2 is 2.39 bits per heavy atom. The summed E-state index contributed by atoms with van der Waals surface area (Å²) in [6.45, 7) is 0.301. The van der Waals surface area contributed by atoms with Crippen molar-refractivity contribution in [3.05, 3.63) is 16.1 Å². The first-order chi connectivity index (χ1) is 8.50. The maximum atomic E-state index is 11.9. The summed E-state index contributed by atoms with van der Waals surface area (Å²) in [5.41, 5.74) is 5.73. The van der Waals surface area contributed by atoms with Crippen molar-refractivity contribution < 1.29 is 13.2 Å². The minimum Gasteiger partial charge on any atom is -0.347 e. The van der Waals surface area contributed by atoms with E-state index in [1.54, 1.807) is 5.38 Å². The van der Waals surface area contributed by atoms with Crippen molar-refractivity contribution in [1.82, 2.24) is 10.3 Å². The third-order valence-corrected chi connectivity index (χ3v) is 5.45. The van der Waals surface area contributed by atoms with Crippen molar-refractivity contribution in [3.63, 3.8) is 0 Å². The van der Waals surface area contributed by atoms with Gasteiger partial charge in [0.05, 0.1) is 11.5 Å². The molecule has 1 aromatic heterocycles. The summed E-state index contributed by atoms with van der Waals surface area (Å²) in [6.07, 6.45) is 1.29.